The molecule has 5 heteroatoms. The van der Waals surface area contributed by atoms with E-state index >= 15 is 0 Å². The van der Waals surface area contributed by atoms with Gasteiger partial charge in [-0.2, -0.15) is 0 Å². The first-order valence-corrected chi connectivity index (χ1v) is 5.82. The topological polar surface area (TPSA) is 78.4 Å². The second-order valence-electron chi connectivity index (χ2n) is 4.29. The first kappa shape index (κ1) is 14.2. The molecule has 0 fully saturated rings. The molecule has 0 heterocycles. The Morgan fingerprint density at radius 1 is 1.22 bits per heavy atom. The predicted octanol–water partition coefficient (Wildman–Crippen LogP) is 1.42. The van der Waals surface area contributed by atoms with Crippen LogP contribution in [-0.4, -0.2) is 30.1 Å². The van der Waals surface area contributed by atoms with E-state index in [1.54, 1.807) is 0 Å². The number of carbonyl (C=O) groups is 2. The Morgan fingerprint density at radius 2 is 1.89 bits per heavy atom. The molecule has 5 nitrogen and oxygen atoms in total. The molecule has 0 saturated heterocycles. The van der Waals surface area contributed by atoms with Crippen LogP contribution in [-0.2, 0) is 9.59 Å². The van der Waals surface area contributed by atoms with Crippen molar-refractivity contribution in [1.29, 1.82) is 0 Å². The molecule has 98 valence electrons. The van der Waals surface area contributed by atoms with Gasteiger partial charge in [0.2, 0.25) is 5.91 Å². The minimum Gasteiger partial charge on any atom is -0.480 e. The molecule has 0 radical (unpaired) electrons. The summed E-state index contributed by atoms with van der Waals surface area (Å²) in [5.41, 5.74) is 1.83. The maximum atomic E-state index is 11.6. The average molecular weight is 250 g/mol. The van der Waals surface area contributed by atoms with Crippen LogP contribution in [0.25, 0.3) is 0 Å². The van der Waals surface area contributed by atoms with Gasteiger partial charge in [-0.25, -0.2) is 0 Å². The van der Waals surface area contributed by atoms with E-state index in [9.17, 15) is 9.59 Å². The van der Waals surface area contributed by atoms with Gasteiger partial charge in [0.1, 0.15) is 0 Å². The van der Waals surface area contributed by atoms with Crippen LogP contribution in [0.4, 0.5) is 5.69 Å². The van der Waals surface area contributed by atoms with Crippen molar-refractivity contribution in [1.82, 2.24) is 5.32 Å². The lowest BCUT2D eigenvalue weighted by atomic mass is 10.0. The van der Waals surface area contributed by atoms with E-state index in [0.717, 1.165) is 11.3 Å². The van der Waals surface area contributed by atoms with E-state index in [1.807, 2.05) is 38.1 Å². The SMILES string of the molecule is CC(C)c1ccccc1NC(=O)CNCC(=O)O. The molecule has 0 aliphatic heterocycles. The lowest BCUT2D eigenvalue weighted by molar-refractivity contribution is -0.135. The molecule has 1 aromatic rings. The van der Waals surface area contributed by atoms with Crippen LogP contribution in [0.5, 0.6) is 0 Å². The fourth-order valence-electron chi connectivity index (χ4n) is 1.59. The van der Waals surface area contributed by atoms with Gasteiger partial charge in [0.05, 0.1) is 13.1 Å². The molecule has 0 saturated carbocycles. The van der Waals surface area contributed by atoms with Gasteiger partial charge in [-0.15, -0.1) is 0 Å². The molecule has 1 rings (SSSR count). The average Bonchev–Trinajstić information content (AvgIpc) is 2.28. The van der Waals surface area contributed by atoms with Crippen molar-refractivity contribution >= 4 is 17.6 Å². The molecule has 1 aromatic carbocycles. The Morgan fingerprint density at radius 3 is 2.50 bits per heavy atom. The number of hydrogen-bond donors (Lipinski definition) is 3. The molecular formula is C13H18N2O3. The zero-order valence-corrected chi connectivity index (χ0v) is 10.6. The summed E-state index contributed by atoms with van der Waals surface area (Å²) >= 11 is 0. The van der Waals surface area contributed by atoms with E-state index in [-0.39, 0.29) is 19.0 Å². The van der Waals surface area contributed by atoms with Crippen molar-refractivity contribution in [3.8, 4) is 0 Å². The van der Waals surface area contributed by atoms with Crippen molar-refractivity contribution in [2.24, 2.45) is 0 Å². The van der Waals surface area contributed by atoms with Crippen molar-refractivity contribution in [3.05, 3.63) is 29.8 Å². The predicted molar refractivity (Wildman–Crippen MR) is 69.7 cm³/mol. The highest BCUT2D eigenvalue weighted by molar-refractivity contribution is 5.93. The number of para-hydroxylation sites is 1. The summed E-state index contributed by atoms with van der Waals surface area (Å²) in [5.74, 6) is -0.914. The fourth-order valence-corrected chi connectivity index (χ4v) is 1.59. The van der Waals surface area contributed by atoms with Gasteiger partial charge in [-0.05, 0) is 17.5 Å². The van der Waals surface area contributed by atoms with Gasteiger partial charge in [0.25, 0.3) is 0 Å². The smallest absolute Gasteiger partial charge is 0.317 e. The number of amides is 1. The summed E-state index contributed by atoms with van der Waals surface area (Å²) in [6.07, 6.45) is 0. The van der Waals surface area contributed by atoms with Crippen molar-refractivity contribution in [2.75, 3.05) is 18.4 Å². The Bertz CT molecular complexity index is 430. The number of benzene rings is 1. The monoisotopic (exact) mass is 250 g/mol. The maximum Gasteiger partial charge on any atom is 0.317 e. The summed E-state index contributed by atoms with van der Waals surface area (Å²) in [5, 5.41) is 13.8. The van der Waals surface area contributed by atoms with Gasteiger partial charge in [-0.3, -0.25) is 14.9 Å². The summed E-state index contributed by atoms with van der Waals surface area (Å²) < 4.78 is 0. The van der Waals surface area contributed by atoms with E-state index in [2.05, 4.69) is 10.6 Å². The van der Waals surface area contributed by atoms with Crippen molar-refractivity contribution in [3.63, 3.8) is 0 Å². The van der Waals surface area contributed by atoms with E-state index in [0.29, 0.717) is 5.92 Å². The van der Waals surface area contributed by atoms with Gasteiger partial charge in [-0.1, -0.05) is 32.0 Å². The Balaban J connectivity index is 2.56. The molecule has 0 unspecified atom stereocenters. The van der Waals surface area contributed by atoms with Gasteiger partial charge in [0.15, 0.2) is 0 Å². The number of hydrogen-bond acceptors (Lipinski definition) is 3. The molecule has 3 N–H and O–H groups in total. The second-order valence-corrected chi connectivity index (χ2v) is 4.29. The van der Waals surface area contributed by atoms with E-state index in [4.69, 9.17) is 5.11 Å². The number of carboxylic acids is 1. The molecule has 1 amide bonds. The highest BCUT2D eigenvalue weighted by Gasteiger charge is 2.09. The molecular weight excluding hydrogens is 232 g/mol. The minimum atomic E-state index is -0.981. The summed E-state index contributed by atoms with van der Waals surface area (Å²) in [6.45, 7) is 3.86. The van der Waals surface area contributed by atoms with E-state index < -0.39 is 5.97 Å². The molecule has 0 aromatic heterocycles. The molecule has 0 bridgehead atoms. The first-order chi connectivity index (χ1) is 8.50. The Labute approximate surface area is 106 Å². The normalized spacial score (nSPS) is 10.4. The Kier molecular flexibility index (Phi) is 5.32. The number of rotatable bonds is 6. The van der Waals surface area contributed by atoms with Crippen molar-refractivity contribution in [2.45, 2.75) is 19.8 Å². The Hall–Kier alpha value is -1.88. The van der Waals surface area contributed by atoms with Crippen LogP contribution >= 0.6 is 0 Å². The van der Waals surface area contributed by atoms with E-state index in [1.165, 1.54) is 0 Å². The standard InChI is InChI=1S/C13H18N2O3/c1-9(2)10-5-3-4-6-11(10)15-12(16)7-14-8-13(17)18/h3-6,9,14H,7-8H2,1-2H3,(H,15,16)(H,17,18). The molecule has 0 atom stereocenters. The summed E-state index contributed by atoms with van der Waals surface area (Å²) in [6, 6.07) is 7.58. The third-order valence-electron chi connectivity index (χ3n) is 2.42. The van der Waals surface area contributed by atoms with Gasteiger partial charge < -0.3 is 10.4 Å². The molecule has 0 spiro atoms. The number of nitrogens with one attached hydrogen (secondary N) is 2. The quantitative estimate of drug-likeness (QED) is 0.713. The maximum absolute atomic E-state index is 11.6. The van der Waals surface area contributed by atoms with Gasteiger partial charge in [0, 0.05) is 5.69 Å². The van der Waals surface area contributed by atoms with Crippen LogP contribution < -0.4 is 10.6 Å². The van der Waals surface area contributed by atoms with Crippen LogP contribution in [0.15, 0.2) is 24.3 Å². The van der Waals surface area contributed by atoms with Crippen LogP contribution in [0.1, 0.15) is 25.3 Å². The number of anilines is 1. The fraction of sp³-hybridized carbons (Fsp3) is 0.385. The number of aliphatic carboxylic acids is 1. The van der Waals surface area contributed by atoms with Crippen LogP contribution in [0.3, 0.4) is 0 Å². The highest BCUT2D eigenvalue weighted by Crippen LogP contribution is 2.23. The van der Waals surface area contributed by atoms with Crippen LogP contribution in [0, 0.1) is 0 Å². The van der Waals surface area contributed by atoms with Gasteiger partial charge >= 0.3 is 5.97 Å². The zero-order chi connectivity index (χ0) is 13.5. The first-order valence-electron chi connectivity index (χ1n) is 5.82. The second kappa shape index (κ2) is 6.76. The van der Waals surface area contributed by atoms with Crippen LogP contribution in [0.2, 0.25) is 0 Å². The summed E-state index contributed by atoms with van der Waals surface area (Å²) in [4.78, 5) is 21.9. The lowest BCUT2D eigenvalue weighted by Crippen LogP contribution is -2.32. The zero-order valence-electron chi connectivity index (χ0n) is 10.6. The molecule has 0 aliphatic rings. The number of carbonyl (C=O) groups excluding carboxylic acids is 1. The molecule has 18 heavy (non-hydrogen) atoms. The third-order valence-corrected chi connectivity index (χ3v) is 2.42. The lowest BCUT2D eigenvalue weighted by Gasteiger charge is -2.13. The molecule has 0 aliphatic carbocycles. The summed E-state index contributed by atoms with van der Waals surface area (Å²) in [7, 11) is 0. The number of carboxylic acid groups (broad SMARTS) is 1. The van der Waals surface area contributed by atoms with Crippen molar-refractivity contribution < 1.29 is 14.7 Å². The highest BCUT2D eigenvalue weighted by atomic mass is 16.4. The minimum absolute atomic E-state index is 0.0151. The third kappa shape index (κ3) is 4.55. The largest absolute Gasteiger partial charge is 0.480 e.